The normalized spacial score (nSPS) is 15.9. The number of halogens is 2. The Morgan fingerprint density at radius 1 is 1.00 bits per heavy atom. The third-order valence-electron chi connectivity index (χ3n) is 7.76. The molecular formula is C37H47Cl2N3O7. The van der Waals surface area contributed by atoms with E-state index in [4.69, 9.17) is 30.9 Å². The number of rotatable bonds is 16. The lowest BCUT2D eigenvalue weighted by Gasteiger charge is -2.31. The molecule has 266 valence electrons. The fourth-order valence-electron chi connectivity index (χ4n) is 5.64. The van der Waals surface area contributed by atoms with Gasteiger partial charge in [0, 0.05) is 28.4 Å². The van der Waals surface area contributed by atoms with Crippen molar-refractivity contribution in [2.75, 3.05) is 44.8 Å². The summed E-state index contributed by atoms with van der Waals surface area (Å²) >= 11 is 6.52. The molecule has 12 heteroatoms. The maximum atomic E-state index is 14.1. The summed E-state index contributed by atoms with van der Waals surface area (Å²) in [6.07, 6.45) is 0.391. The first kappa shape index (κ1) is 39.6. The molecule has 4 rings (SSSR count). The number of aryl methyl sites for hydroxylation is 1. The van der Waals surface area contributed by atoms with E-state index < -0.39 is 36.5 Å². The first-order chi connectivity index (χ1) is 23.0. The molecule has 0 saturated heterocycles. The van der Waals surface area contributed by atoms with Crippen molar-refractivity contribution in [3.8, 4) is 11.5 Å². The Hall–Kier alpha value is -3.83. The summed E-state index contributed by atoms with van der Waals surface area (Å²) in [5, 5.41) is 15.3. The van der Waals surface area contributed by atoms with Crippen LogP contribution in [0.15, 0.2) is 66.7 Å². The van der Waals surface area contributed by atoms with Gasteiger partial charge in [0.05, 0.1) is 20.1 Å². The minimum atomic E-state index is -1.22. The van der Waals surface area contributed by atoms with Crippen LogP contribution in [0.5, 0.6) is 11.5 Å². The van der Waals surface area contributed by atoms with Gasteiger partial charge in [-0.3, -0.25) is 14.4 Å². The number of ether oxygens (including phenoxy) is 3. The number of hydrogen-bond acceptors (Lipinski definition) is 7. The second kappa shape index (κ2) is 18.8. The van der Waals surface area contributed by atoms with Crippen LogP contribution >= 0.6 is 24.0 Å². The lowest BCUT2D eigenvalue weighted by molar-refractivity contribution is -0.140. The zero-order valence-electron chi connectivity index (χ0n) is 28.5. The molecule has 3 aromatic carbocycles. The van der Waals surface area contributed by atoms with E-state index in [0.717, 1.165) is 32.4 Å². The summed E-state index contributed by atoms with van der Waals surface area (Å²) in [6.45, 7) is 7.96. The average molecular weight is 717 g/mol. The van der Waals surface area contributed by atoms with E-state index in [0.29, 0.717) is 46.5 Å². The monoisotopic (exact) mass is 715 g/mol. The first-order valence-corrected chi connectivity index (χ1v) is 16.6. The molecular weight excluding hydrogens is 669 g/mol. The maximum absolute atomic E-state index is 14.1. The summed E-state index contributed by atoms with van der Waals surface area (Å²) in [5.41, 5.74) is 2.85. The molecule has 0 radical (unpaired) electrons. The van der Waals surface area contributed by atoms with Crippen LogP contribution in [0.25, 0.3) is 0 Å². The van der Waals surface area contributed by atoms with Crippen molar-refractivity contribution >= 4 is 47.5 Å². The third kappa shape index (κ3) is 11.6. The Balaban J connectivity index is 0.00000650. The topological polar surface area (TPSA) is 126 Å². The van der Waals surface area contributed by atoms with E-state index in [1.54, 1.807) is 30.2 Å². The molecule has 3 aromatic rings. The van der Waals surface area contributed by atoms with Crippen molar-refractivity contribution < 1.29 is 33.7 Å². The highest BCUT2D eigenvalue weighted by Gasteiger charge is 2.40. The van der Waals surface area contributed by atoms with Crippen LogP contribution < -0.4 is 25.0 Å². The second-order valence-corrected chi connectivity index (χ2v) is 13.4. The largest absolute Gasteiger partial charge is 0.492 e. The number of carboxylic acid groups (broad SMARTS) is 1. The molecule has 1 aliphatic rings. The quantitative estimate of drug-likeness (QED) is 0.149. The Morgan fingerprint density at radius 3 is 2.43 bits per heavy atom. The first-order valence-electron chi connectivity index (χ1n) is 16.3. The fraction of sp³-hybridized carbons (Fsp3) is 0.432. The highest BCUT2D eigenvalue weighted by molar-refractivity contribution is 6.30. The van der Waals surface area contributed by atoms with Gasteiger partial charge < -0.3 is 34.9 Å². The van der Waals surface area contributed by atoms with E-state index in [-0.39, 0.29) is 24.2 Å². The predicted molar refractivity (Wildman–Crippen MR) is 193 cm³/mol. The number of aliphatic carboxylic acids is 1. The predicted octanol–water partition coefficient (Wildman–Crippen LogP) is 6.22. The Morgan fingerprint density at radius 2 is 1.73 bits per heavy atom. The fourth-order valence-corrected chi connectivity index (χ4v) is 5.82. The van der Waals surface area contributed by atoms with Gasteiger partial charge >= 0.3 is 5.97 Å². The number of methoxy groups -OCH3 is 1. The lowest BCUT2D eigenvalue weighted by atomic mass is 9.94. The van der Waals surface area contributed by atoms with E-state index in [9.17, 15) is 14.4 Å². The smallest absolute Gasteiger partial charge is 0.322 e. The standard InChI is InChI=1S/C37H46ClN3O7.ClH/c1-37(2,3)24-41-29-17-16-26(38)21-28(29)34(48-31(36(41)45)22-32(42)40-23-33(43)44)27-14-8-15-30(35(27)46-4)47-20-10-19-39-18-9-13-25-11-6-5-7-12-25;/h5-8,11-12,14-17,21,31,34,39H,9-10,13,18-20,22-24H2,1-4H3,(H,40,42)(H,43,44);1H/t31-,34-;/m1./s1. The number of nitrogens with zero attached hydrogens (tertiary/aromatic N) is 1. The number of nitrogens with one attached hydrogen (secondary N) is 2. The molecule has 10 nitrogen and oxygen atoms in total. The van der Waals surface area contributed by atoms with E-state index in [1.807, 2.05) is 45.0 Å². The van der Waals surface area contributed by atoms with Crippen molar-refractivity contribution in [3.05, 3.63) is 88.4 Å². The van der Waals surface area contributed by atoms with Crippen LogP contribution in [0.1, 0.15) is 62.8 Å². The number of amides is 2. The average Bonchev–Trinajstić information content (AvgIpc) is 3.15. The van der Waals surface area contributed by atoms with Crippen molar-refractivity contribution in [1.82, 2.24) is 10.6 Å². The zero-order valence-corrected chi connectivity index (χ0v) is 30.1. The van der Waals surface area contributed by atoms with Crippen LogP contribution in [-0.4, -0.2) is 68.9 Å². The Labute approximate surface area is 299 Å². The number of carbonyl (C=O) groups excluding carboxylic acids is 2. The number of benzene rings is 3. The molecule has 0 unspecified atom stereocenters. The van der Waals surface area contributed by atoms with Crippen LogP contribution in [0.2, 0.25) is 5.02 Å². The summed E-state index contributed by atoms with van der Waals surface area (Å²) < 4.78 is 18.6. The van der Waals surface area contributed by atoms with Gasteiger partial charge in [-0.25, -0.2) is 0 Å². The molecule has 0 spiro atoms. The zero-order chi connectivity index (χ0) is 34.7. The summed E-state index contributed by atoms with van der Waals surface area (Å²) in [4.78, 5) is 39.6. The van der Waals surface area contributed by atoms with Crippen LogP contribution in [0, 0.1) is 5.41 Å². The van der Waals surface area contributed by atoms with Crippen molar-refractivity contribution in [2.24, 2.45) is 5.41 Å². The number of fused-ring (bicyclic) bond motifs is 1. The molecule has 0 saturated carbocycles. The van der Waals surface area contributed by atoms with Gasteiger partial charge in [-0.2, -0.15) is 0 Å². The number of carbonyl (C=O) groups is 3. The van der Waals surface area contributed by atoms with Crippen molar-refractivity contribution in [2.45, 2.75) is 58.7 Å². The molecule has 2 atom stereocenters. The molecule has 0 aliphatic carbocycles. The third-order valence-corrected chi connectivity index (χ3v) is 7.99. The highest BCUT2D eigenvalue weighted by Crippen LogP contribution is 2.45. The summed E-state index contributed by atoms with van der Waals surface area (Å²) in [5.74, 6) is -1.26. The minimum Gasteiger partial charge on any atom is -0.492 e. The molecule has 1 heterocycles. The van der Waals surface area contributed by atoms with Gasteiger partial charge in [-0.05, 0) is 67.6 Å². The van der Waals surface area contributed by atoms with Crippen molar-refractivity contribution in [1.29, 1.82) is 0 Å². The minimum absolute atomic E-state index is 0. The van der Waals surface area contributed by atoms with E-state index >= 15 is 0 Å². The Kier molecular flexibility index (Phi) is 15.2. The Bertz CT molecular complexity index is 1550. The summed E-state index contributed by atoms with van der Waals surface area (Å²) in [7, 11) is 1.55. The van der Waals surface area contributed by atoms with E-state index in [2.05, 4.69) is 34.9 Å². The molecule has 1 aliphatic heterocycles. The molecule has 0 fully saturated rings. The van der Waals surface area contributed by atoms with E-state index in [1.165, 1.54) is 5.56 Å². The van der Waals surface area contributed by atoms with Crippen LogP contribution in [-0.2, 0) is 25.5 Å². The highest BCUT2D eigenvalue weighted by atomic mass is 35.5. The lowest BCUT2D eigenvalue weighted by Crippen LogP contribution is -2.45. The van der Waals surface area contributed by atoms with Crippen LogP contribution in [0.4, 0.5) is 5.69 Å². The number of anilines is 1. The number of hydrogen-bond donors (Lipinski definition) is 3. The molecule has 2 amide bonds. The number of para-hydroxylation sites is 1. The van der Waals surface area contributed by atoms with Gasteiger partial charge in [-0.15, -0.1) is 12.4 Å². The molecule has 0 bridgehead atoms. The van der Waals surface area contributed by atoms with Gasteiger partial charge in [0.15, 0.2) is 11.5 Å². The summed E-state index contributed by atoms with van der Waals surface area (Å²) in [6, 6.07) is 21.2. The van der Waals surface area contributed by atoms with Gasteiger partial charge in [0.2, 0.25) is 5.91 Å². The maximum Gasteiger partial charge on any atom is 0.322 e. The van der Waals surface area contributed by atoms with Gasteiger partial charge in [-0.1, -0.05) is 74.8 Å². The molecule has 49 heavy (non-hydrogen) atoms. The van der Waals surface area contributed by atoms with Gasteiger partial charge in [0.25, 0.3) is 5.91 Å². The van der Waals surface area contributed by atoms with Crippen LogP contribution in [0.3, 0.4) is 0 Å². The molecule has 3 N–H and O–H groups in total. The van der Waals surface area contributed by atoms with Crippen molar-refractivity contribution in [3.63, 3.8) is 0 Å². The second-order valence-electron chi connectivity index (χ2n) is 13.0. The number of carboxylic acids is 1. The SMILES string of the molecule is COc1c(OCCCNCCCc2ccccc2)cccc1[C@H]1O[C@H](CC(=O)NCC(=O)O)C(=O)N(CC(C)(C)C)c2ccc(Cl)cc21.Cl. The van der Waals surface area contributed by atoms with Gasteiger partial charge in [0.1, 0.15) is 18.8 Å². The molecule has 0 aromatic heterocycles.